The van der Waals surface area contributed by atoms with Crippen molar-refractivity contribution in [2.24, 2.45) is 5.73 Å². The van der Waals surface area contributed by atoms with Crippen molar-refractivity contribution in [1.29, 1.82) is 0 Å². The monoisotopic (exact) mass is 191 g/mol. The van der Waals surface area contributed by atoms with Crippen LogP contribution in [0.4, 0.5) is 0 Å². The minimum atomic E-state index is -0.500. The summed E-state index contributed by atoms with van der Waals surface area (Å²) in [6.07, 6.45) is 3.07. The number of fused-ring (bicyclic) bond motifs is 1. The zero-order chi connectivity index (χ0) is 10.2. The first-order valence-corrected chi connectivity index (χ1v) is 5.16. The summed E-state index contributed by atoms with van der Waals surface area (Å²) >= 11 is 0. The van der Waals surface area contributed by atoms with E-state index in [9.17, 15) is 5.11 Å². The summed E-state index contributed by atoms with van der Waals surface area (Å²) < 4.78 is 0. The number of aryl methyl sites for hydroxylation is 1. The van der Waals surface area contributed by atoms with Crippen LogP contribution >= 0.6 is 0 Å². The summed E-state index contributed by atoms with van der Waals surface area (Å²) in [4.78, 5) is 0. The molecule has 76 valence electrons. The van der Waals surface area contributed by atoms with Crippen molar-refractivity contribution in [3.8, 4) is 0 Å². The maximum atomic E-state index is 9.36. The Morgan fingerprint density at radius 1 is 1.50 bits per heavy atom. The average molecular weight is 191 g/mol. The fourth-order valence-corrected chi connectivity index (χ4v) is 2.38. The molecule has 0 aliphatic heterocycles. The van der Waals surface area contributed by atoms with Gasteiger partial charge in [-0.1, -0.05) is 18.2 Å². The smallest absolute Gasteiger partial charge is 0.0653 e. The maximum absolute atomic E-state index is 9.36. The first-order chi connectivity index (χ1) is 6.67. The minimum absolute atomic E-state index is 0.0451. The van der Waals surface area contributed by atoms with Gasteiger partial charge in [0.05, 0.1) is 12.1 Å². The van der Waals surface area contributed by atoms with E-state index in [1.807, 2.05) is 6.07 Å². The van der Waals surface area contributed by atoms with E-state index in [0.717, 1.165) is 24.8 Å². The first-order valence-electron chi connectivity index (χ1n) is 5.16. The molecule has 1 aliphatic rings. The van der Waals surface area contributed by atoms with Gasteiger partial charge >= 0.3 is 0 Å². The lowest BCUT2D eigenvalue weighted by atomic mass is 9.76. The standard InChI is InChI=1S/C12H17NO/c1-9-4-2-6-11-10(9)5-3-7-12(11,13)8-14/h2,4,6,14H,3,5,7-8,13H2,1H3. The van der Waals surface area contributed by atoms with Crippen LogP contribution in [0.25, 0.3) is 0 Å². The summed E-state index contributed by atoms with van der Waals surface area (Å²) in [7, 11) is 0. The summed E-state index contributed by atoms with van der Waals surface area (Å²) in [5.74, 6) is 0. The highest BCUT2D eigenvalue weighted by Crippen LogP contribution is 2.34. The van der Waals surface area contributed by atoms with E-state index in [1.54, 1.807) is 0 Å². The Labute approximate surface area is 84.7 Å². The molecule has 1 aliphatic carbocycles. The zero-order valence-corrected chi connectivity index (χ0v) is 8.59. The van der Waals surface area contributed by atoms with Crippen LogP contribution in [-0.2, 0) is 12.0 Å². The number of rotatable bonds is 1. The number of hydrogen-bond acceptors (Lipinski definition) is 2. The van der Waals surface area contributed by atoms with Crippen molar-refractivity contribution >= 4 is 0 Å². The quantitative estimate of drug-likeness (QED) is 0.706. The van der Waals surface area contributed by atoms with Crippen molar-refractivity contribution in [3.05, 3.63) is 34.9 Å². The third kappa shape index (κ3) is 1.35. The molecule has 0 spiro atoms. The van der Waals surface area contributed by atoms with Gasteiger partial charge < -0.3 is 10.8 Å². The predicted molar refractivity (Wildman–Crippen MR) is 57.1 cm³/mol. The Morgan fingerprint density at radius 3 is 3.00 bits per heavy atom. The molecule has 3 N–H and O–H groups in total. The Kier molecular flexibility index (Phi) is 2.33. The molecule has 1 aromatic carbocycles. The lowest BCUT2D eigenvalue weighted by Gasteiger charge is -2.34. The van der Waals surface area contributed by atoms with Gasteiger partial charge in [-0.25, -0.2) is 0 Å². The van der Waals surface area contributed by atoms with E-state index in [4.69, 9.17) is 5.73 Å². The molecule has 1 aromatic rings. The molecule has 1 unspecified atom stereocenters. The van der Waals surface area contributed by atoms with Crippen LogP contribution in [0.1, 0.15) is 29.5 Å². The first kappa shape index (κ1) is 9.69. The predicted octanol–water partition coefficient (Wildman–Crippen LogP) is 1.48. The molecular formula is C12H17NO. The van der Waals surface area contributed by atoms with Gasteiger partial charge in [0.1, 0.15) is 0 Å². The molecule has 2 nitrogen and oxygen atoms in total. The van der Waals surface area contributed by atoms with Crippen LogP contribution < -0.4 is 5.73 Å². The van der Waals surface area contributed by atoms with Gasteiger partial charge in [-0.05, 0) is 42.9 Å². The van der Waals surface area contributed by atoms with Gasteiger partial charge in [0.15, 0.2) is 0 Å². The topological polar surface area (TPSA) is 46.2 Å². The Bertz CT molecular complexity index is 348. The Hall–Kier alpha value is -0.860. The van der Waals surface area contributed by atoms with Crippen LogP contribution in [-0.4, -0.2) is 11.7 Å². The van der Waals surface area contributed by atoms with Crippen molar-refractivity contribution in [3.63, 3.8) is 0 Å². The minimum Gasteiger partial charge on any atom is -0.394 e. The molecule has 2 rings (SSSR count). The second-order valence-corrected chi connectivity index (χ2v) is 4.27. The third-order valence-corrected chi connectivity index (χ3v) is 3.28. The van der Waals surface area contributed by atoms with Crippen LogP contribution in [0.3, 0.4) is 0 Å². The van der Waals surface area contributed by atoms with Crippen molar-refractivity contribution in [1.82, 2.24) is 0 Å². The van der Waals surface area contributed by atoms with Gasteiger partial charge in [0.2, 0.25) is 0 Å². The summed E-state index contributed by atoms with van der Waals surface area (Å²) in [6, 6.07) is 6.19. The van der Waals surface area contributed by atoms with Crippen LogP contribution in [0.5, 0.6) is 0 Å². The number of aliphatic hydroxyl groups excluding tert-OH is 1. The number of benzene rings is 1. The highest BCUT2D eigenvalue weighted by Gasteiger charge is 2.32. The Morgan fingerprint density at radius 2 is 2.29 bits per heavy atom. The van der Waals surface area contributed by atoms with E-state index >= 15 is 0 Å². The van der Waals surface area contributed by atoms with E-state index in [-0.39, 0.29) is 6.61 Å². The molecule has 2 heteroatoms. The molecule has 0 radical (unpaired) electrons. The molecule has 0 heterocycles. The molecule has 0 bridgehead atoms. The average Bonchev–Trinajstić information content (AvgIpc) is 2.20. The number of aliphatic hydroxyl groups is 1. The van der Waals surface area contributed by atoms with Crippen molar-refractivity contribution < 1.29 is 5.11 Å². The molecule has 0 amide bonds. The van der Waals surface area contributed by atoms with Gasteiger partial charge in [-0.3, -0.25) is 0 Å². The van der Waals surface area contributed by atoms with Crippen molar-refractivity contribution in [2.45, 2.75) is 31.7 Å². The van der Waals surface area contributed by atoms with Gasteiger partial charge in [0, 0.05) is 0 Å². The third-order valence-electron chi connectivity index (χ3n) is 3.28. The van der Waals surface area contributed by atoms with E-state index in [1.165, 1.54) is 11.1 Å². The summed E-state index contributed by atoms with van der Waals surface area (Å²) in [5, 5.41) is 9.36. The van der Waals surface area contributed by atoms with E-state index in [2.05, 4.69) is 19.1 Å². The number of hydrogen-bond donors (Lipinski definition) is 2. The highest BCUT2D eigenvalue weighted by molar-refractivity contribution is 5.41. The fraction of sp³-hybridized carbons (Fsp3) is 0.500. The van der Waals surface area contributed by atoms with Gasteiger partial charge in [-0.2, -0.15) is 0 Å². The van der Waals surface area contributed by atoms with E-state index in [0.29, 0.717) is 0 Å². The molecule has 14 heavy (non-hydrogen) atoms. The molecule has 1 atom stereocenters. The Balaban J connectivity index is 2.55. The summed E-state index contributed by atoms with van der Waals surface area (Å²) in [6.45, 7) is 2.16. The van der Waals surface area contributed by atoms with Crippen LogP contribution in [0.2, 0.25) is 0 Å². The molecule has 0 saturated carbocycles. The van der Waals surface area contributed by atoms with Crippen molar-refractivity contribution in [2.75, 3.05) is 6.61 Å². The summed E-state index contributed by atoms with van der Waals surface area (Å²) in [5.41, 5.74) is 9.47. The zero-order valence-electron chi connectivity index (χ0n) is 8.59. The van der Waals surface area contributed by atoms with Gasteiger partial charge in [0.25, 0.3) is 0 Å². The lowest BCUT2D eigenvalue weighted by Crippen LogP contribution is -2.43. The largest absolute Gasteiger partial charge is 0.394 e. The highest BCUT2D eigenvalue weighted by atomic mass is 16.3. The lowest BCUT2D eigenvalue weighted by molar-refractivity contribution is 0.178. The fourth-order valence-electron chi connectivity index (χ4n) is 2.38. The normalized spacial score (nSPS) is 25.9. The maximum Gasteiger partial charge on any atom is 0.0653 e. The van der Waals surface area contributed by atoms with Gasteiger partial charge in [-0.15, -0.1) is 0 Å². The molecular weight excluding hydrogens is 174 g/mol. The van der Waals surface area contributed by atoms with E-state index < -0.39 is 5.54 Å². The second kappa shape index (κ2) is 3.37. The molecule has 0 saturated heterocycles. The van der Waals surface area contributed by atoms with Crippen LogP contribution in [0, 0.1) is 6.92 Å². The molecule has 0 aromatic heterocycles. The molecule has 0 fully saturated rings. The SMILES string of the molecule is Cc1cccc2c1CCCC2(N)CO. The number of nitrogens with two attached hydrogens (primary N) is 1. The second-order valence-electron chi connectivity index (χ2n) is 4.27. The van der Waals surface area contributed by atoms with Crippen LogP contribution in [0.15, 0.2) is 18.2 Å².